The molecule has 0 bridgehead atoms. The lowest BCUT2D eigenvalue weighted by Gasteiger charge is -2.05. The van der Waals surface area contributed by atoms with Gasteiger partial charge in [-0.2, -0.15) is 9.65 Å². The van der Waals surface area contributed by atoms with Gasteiger partial charge >= 0.3 is 0 Å². The molecule has 5 heteroatoms. The van der Waals surface area contributed by atoms with Gasteiger partial charge in [0.1, 0.15) is 0 Å². The van der Waals surface area contributed by atoms with E-state index in [0.29, 0.717) is 0 Å². The summed E-state index contributed by atoms with van der Waals surface area (Å²) in [5.74, 6) is -2.79. The fourth-order valence-corrected chi connectivity index (χ4v) is 1.58. The molecule has 0 radical (unpaired) electrons. The zero-order valence-corrected chi connectivity index (χ0v) is 9.12. The Labute approximate surface area is 101 Å². The van der Waals surface area contributed by atoms with Crippen molar-refractivity contribution in [1.82, 2.24) is 4.98 Å². The smallest absolute Gasteiger partial charge is 0.217 e. The molecule has 0 spiro atoms. The SMILES string of the molecule is N#CCc1cc(-c2cccc(F)c2F)cnc1F. The first-order valence-electron chi connectivity index (χ1n) is 5.09. The molecule has 0 atom stereocenters. The molecule has 1 aromatic carbocycles. The van der Waals surface area contributed by atoms with Gasteiger partial charge < -0.3 is 0 Å². The minimum absolute atomic E-state index is 0.0123. The van der Waals surface area contributed by atoms with Crippen molar-refractivity contribution in [2.45, 2.75) is 6.42 Å². The van der Waals surface area contributed by atoms with E-state index in [9.17, 15) is 13.2 Å². The molecule has 0 N–H and O–H groups in total. The third kappa shape index (κ3) is 2.18. The molecule has 1 heterocycles. The van der Waals surface area contributed by atoms with E-state index in [1.54, 1.807) is 6.07 Å². The van der Waals surface area contributed by atoms with Crippen molar-refractivity contribution in [1.29, 1.82) is 5.26 Å². The number of aromatic nitrogens is 1. The quantitative estimate of drug-likeness (QED) is 0.765. The minimum atomic E-state index is -1.02. The molecule has 90 valence electrons. The summed E-state index contributed by atoms with van der Waals surface area (Å²) in [6, 6.07) is 6.78. The van der Waals surface area contributed by atoms with E-state index >= 15 is 0 Å². The van der Waals surface area contributed by atoms with Crippen LogP contribution in [0.15, 0.2) is 30.5 Å². The monoisotopic (exact) mass is 248 g/mol. The number of hydrogen-bond donors (Lipinski definition) is 0. The number of hydrogen-bond acceptors (Lipinski definition) is 2. The van der Waals surface area contributed by atoms with Gasteiger partial charge in [0.25, 0.3) is 0 Å². The molecule has 2 rings (SSSR count). The van der Waals surface area contributed by atoms with E-state index in [2.05, 4.69) is 4.98 Å². The van der Waals surface area contributed by atoms with Gasteiger partial charge in [0.2, 0.25) is 5.95 Å². The van der Waals surface area contributed by atoms with Crippen molar-refractivity contribution in [3.05, 3.63) is 53.6 Å². The van der Waals surface area contributed by atoms with Gasteiger partial charge in [-0.05, 0) is 12.1 Å². The Hall–Kier alpha value is -2.35. The number of nitriles is 1. The second-order valence-corrected chi connectivity index (χ2v) is 3.61. The maximum atomic E-state index is 13.5. The summed E-state index contributed by atoms with van der Waals surface area (Å²) >= 11 is 0. The Bertz CT molecular complexity index is 633. The second-order valence-electron chi connectivity index (χ2n) is 3.61. The van der Waals surface area contributed by atoms with Gasteiger partial charge in [-0.1, -0.05) is 12.1 Å². The topological polar surface area (TPSA) is 36.7 Å². The summed E-state index contributed by atoms with van der Waals surface area (Å²) in [5.41, 5.74) is 0.277. The summed E-state index contributed by atoms with van der Waals surface area (Å²) in [6.45, 7) is 0. The molecular weight excluding hydrogens is 241 g/mol. The van der Waals surface area contributed by atoms with E-state index in [0.717, 1.165) is 12.3 Å². The van der Waals surface area contributed by atoms with Crippen LogP contribution in [0.5, 0.6) is 0 Å². The molecule has 0 aliphatic carbocycles. The van der Waals surface area contributed by atoms with Crippen LogP contribution in [0.25, 0.3) is 11.1 Å². The Kier molecular flexibility index (Phi) is 3.28. The molecule has 18 heavy (non-hydrogen) atoms. The zero-order valence-electron chi connectivity index (χ0n) is 9.12. The van der Waals surface area contributed by atoms with Crippen LogP contribution >= 0.6 is 0 Å². The Morgan fingerprint density at radius 2 is 2.00 bits per heavy atom. The van der Waals surface area contributed by atoms with E-state index in [1.807, 2.05) is 0 Å². The molecule has 0 amide bonds. The van der Waals surface area contributed by atoms with Crippen molar-refractivity contribution in [2.75, 3.05) is 0 Å². The molecule has 0 unspecified atom stereocenters. The minimum Gasteiger partial charge on any atom is -0.227 e. The first kappa shape index (κ1) is 12.1. The van der Waals surface area contributed by atoms with Crippen LogP contribution in [0.1, 0.15) is 5.56 Å². The van der Waals surface area contributed by atoms with E-state index < -0.39 is 17.6 Å². The van der Waals surface area contributed by atoms with Crippen LogP contribution in [0.4, 0.5) is 13.2 Å². The lowest BCUT2D eigenvalue weighted by Crippen LogP contribution is -1.96. The maximum absolute atomic E-state index is 13.5. The molecule has 0 saturated heterocycles. The highest BCUT2D eigenvalue weighted by Gasteiger charge is 2.12. The van der Waals surface area contributed by atoms with Gasteiger partial charge in [-0.15, -0.1) is 0 Å². The number of rotatable bonds is 2. The van der Waals surface area contributed by atoms with Crippen LogP contribution in [-0.4, -0.2) is 4.98 Å². The molecule has 0 fully saturated rings. The van der Waals surface area contributed by atoms with E-state index in [-0.39, 0.29) is 23.1 Å². The fraction of sp³-hybridized carbons (Fsp3) is 0.0769. The molecule has 2 aromatic rings. The van der Waals surface area contributed by atoms with Gasteiger partial charge in [0.15, 0.2) is 11.6 Å². The summed E-state index contributed by atoms with van der Waals surface area (Å²) in [5, 5.41) is 8.53. The average Bonchev–Trinajstić information content (AvgIpc) is 2.36. The summed E-state index contributed by atoms with van der Waals surface area (Å²) in [6.07, 6.45) is 0.928. The normalized spacial score (nSPS) is 10.1. The van der Waals surface area contributed by atoms with Crippen molar-refractivity contribution in [2.24, 2.45) is 0 Å². The first-order chi connectivity index (χ1) is 8.63. The van der Waals surface area contributed by atoms with Crippen LogP contribution in [0.3, 0.4) is 0 Å². The fourth-order valence-electron chi connectivity index (χ4n) is 1.58. The van der Waals surface area contributed by atoms with Crippen molar-refractivity contribution in [3.63, 3.8) is 0 Å². The van der Waals surface area contributed by atoms with Gasteiger partial charge in [0, 0.05) is 22.9 Å². The zero-order chi connectivity index (χ0) is 13.1. The summed E-state index contributed by atoms with van der Waals surface area (Å²) in [7, 11) is 0. The third-order valence-electron chi connectivity index (χ3n) is 2.44. The Balaban J connectivity index is 2.55. The van der Waals surface area contributed by atoms with Crippen LogP contribution in [0.2, 0.25) is 0 Å². The van der Waals surface area contributed by atoms with E-state index in [1.165, 1.54) is 18.2 Å². The molecule has 2 nitrogen and oxygen atoms in total. The van der Waals surface area contributed by atoms with Gasteiger partial charge in [0.05, 0.1) is 12.5 Å². The molecular formula is C13H7F3N2. The second kappa shape index (κ2) is 4.88. The van der Waals surface area contributed by atoms with Crippen molar-refractivity contribution in [3.8, 4) is 17.2 Å². The van der Waals surface area contributed by atoms with Crippen LogP contribution < -0.4 is 0 Å². The van der Waals surface area contributed by atoms with Crippen LogP contribution in [0, 0.1) is 28.9 Å². The number of nitrogens with zero attached hydrogens (tertiary/aromatic N) is 2. The van der Waals surface area contributed by atoms with Gasteiger partial charge in [-0.3, -0.25) is 0 Å². The highest BCUT2D eigenvalue weighted by Crippen LogP contribution is 2.25. The van der Waals surface area contributed by atoms with E-state index in [4.69, 9.17) is 5.26 Å². The Morgan fingerprint density at radius 3 is 2.72 bits per heavy atom. The standard InChI is InChI=1S/C13H7F3N2/c14-11-3-1-2-10(12(11)15)9-6-8(4-5-17)13(16)18-7-9/h1-3,6-7H,4H2. The first-order valence-corrected chi connectivity index (χ1v) is 5.09. The Morgan fingerprint density at radius 1 is 1.22 bits per heavy atom. The molecule has 0 saturated carbocycles. The summed E-state index contributed by atoms with van der Waals surface area (Å²) < 4.78 is 39.8. The predicted molar refractivity (Wildman–Crippen MR) is 58.9 cm³/mol. The molecule has 1 aromatic heterocycles. The van der Waals surface area contributed by atoms with Gasteiger partial charge in [-0.25, -0.2) is 13.8 Å². The number of halogens is 3. The number of pyridine rings is 1. The predicted octanol–water partition coefficient (Wildman–Crippen LogP) is 3.23. The average molecular weight is 248 g/mol. The maximum Gasteiger partial charge on any atom is 0.217 e. The molecule has 0 aliphatic heterocycles. The number of benzene rings is 1. The van der Waals surface area contributed by atoms with Crippen molar-refractivity contribution >= 4 is 0 Å². The van der Waals surface area contributed by atoms with Crippen molar-refractivity contribution < 1.29 is 13.2 Å². The third-order valence-corrected chi connectivity index (χ3v) is 2.44. The largest absolute Gasteiger partial charge is 0.227 e. The molecule has 0 aliphatic rings. The lowest BCUT2D eigenvalue weighted by atomic mass is 10.0. The summed E-state index contributed by atoms with van der Waals surface area (Å²) in [4.78, 5) is 3.44. The van der Waals surface area contributed by atoms with Crippen LogP contribution in [-0.2, 0) is 6.42 Å². The highest BCUT2D eigenvalue weighted by molar-refractivity contribution is 5.64. The highest BCUT2D eigenvalue weighted by atomic mass is 19.2. The lowest BCUT2D eigenvalue weighted by molar-refractivity contribution is 0.511.